The number of rotatable bonds is 8. The summed E-state index contributed by atoms with van der Waals surface area (Å²) < 4.78 is 50.0. The van der Waals surface area contributed by atoms with Crippen LogP contribution < -0.4 is 15.2 Å². The fourth-order valence-corrected chi connectivity index (χ4v) is 4.46. The third-order valence-corrected chi connectivity index (χ3v) is 6.38. The third-order valence-electron chi connectivity index (χ3n) is 3.55. The predicted octanol–water partition coefficient (Wildman–Crippen LogP) is 2.96. The summed E-state index contributed by atoms with van der Waals surface area (Å²) in [5, 5.41) is 7.35. The Balaban J connectivity index is 0.000000577. The Labute approximate surface area is 187 Å². The molecule has 0 radical (unpaired) electrons. The van der Waals surface area contributed by atoms with Crippen molar-refractivity contribution in [3.8, 4) is 0 Å². The number of carbonyl (C=O) groups excluding carboxylic acids is 1. The molecule has 0 atom stereocenters. The zero-order valence-electron chi connectivity index (χ0n) is 17.0. The topological polar surface area (TPSA) is 135 Å². The standard InChI is InChI=1S/C13H16ClN3O5S2.C7H8/c1-3-5-17-24(21,22)13-8-12(23(15,19)20)10(14)7-11(13)16-6-4-9(2)18;1-7-5-3-2-4-6-7/h3-4,6-8,16-17H,1,5H2,2H3,(H2,15,19,20);2-6H,1H3. The minimum atomic E-state index is -4.23. The van der Waals surface area contributed by atoms with E-state index in [1.807, 2.05) is 18.2 Å². The van der Waals surface area contributed by atoms with Gasteiger partial charge in [0.05, 0.1) is 10.7 Å². The van der Waals surface area contributed by atoms with Gasteiger partial charge in [-0.2, -0.15) is 0 Å². The molecule has 11 heteroatoms. The van der Waals surface area contributed by atoms with Gasteiger partial charge >= 0.3 is 0 Å². The molecule has 0 saturated heterocycles. The van der Waals surface area contributed by atoms with Crippen LogP contribution in [0.15, 0.2) is 77.2 Å². The average molecular weight is 486 g/mol. The Morgan fingerprint density at radius 1 is 1.13 bits per heavy atom. The Hall–Kier alpha value is -2.50. The molecule has 0 bridgehead atoms. The van der Waals surface area contributed by atoms with Crippen molar-refractivity contribution in [2.24, 2.45) is 5.14 Å². The van der Waals surface area contributed by atoms with Crippen LogP contribution in [0.1, 0.15) is 12.5 Å². The van der Waals surface area contributed by atoms with Gasteiger partial charge in [0.25, 0.3) is 0 Å². The lowest BCUT2D eigenvalue weighted by Gasteiger charge is -2.13. The number of hydrogen-bond donors (Lipinski definition) is 3. The molecule has 2 aromatic carbocycles. The number of halogens is 1. The molecule has 0 fully saturated rings. The number of nitrogens with one attached hydrogen (secondary N) is 2. The highest BCUT2D eigenvalue weighted by atomic mass is 35.5. The van der Waals surface area contributed by atoms with E-state index in [9.17, 15) is 21.6 Å². The van der Waals surface area contributed by atoms with Gasteiger partial charge in [0.15, 0.2) is 5.78 Å². The molecule has 0 saturated carbocycles. The Kier molecular flexibility index (Phi) is 10.1. The fraction of sp³-hybridized carbons (Fsp3) is 0.150. The molecule has 0 unspecified atom stereocenters. The summed E-state index contributed by atoms with van der Waals surface area (Å²) in [6, 6.07) is 12.2. The van der Waals surface area contributed by atoms with Crippen LogP contribution in [0.3, 0.4) is 0 Å². The van der Waals surface area contributed by atoms with Gasteiger partial charge in [-0.1, -0.05) is 53.6 Å². The summed E-state index contributed by atoms with van der Waals surface area (Å²) >= 11 is 5.86. The number of hydrogen-bond acceptors (Lipinski definition) is 6. The van der Waals surface area contributed by atoms with E-state index < -0.39 is 29.8 Å². The van der Waals surface area contributed by atoms with E-state index in [0.29, 0.717) is 0 Å². The first kappa shape index (κ1) is 26.5. The molecule has 2 aromatic rings. The molecule has 0 aliphatic carbocycles. The zero-order chi connectivity index (χ0) is 23.7. The van der Waals surface area contributed by atoms with E-state index in [0.717, 1.165) is 18.2 Å². The van der Waals surface area contributed by atoms with Crippen LogP contribution in [-0.4, -0.2) is 29.2 Å². The van der Waals surface area contributed by atoms with Gasteiger partial charge in [0, 0.05) is 12.7 Å². The molecule has 0 heterocycles. The molecular weight excluding hydrogens is 462 g/mol. The largest absolute Gasteiger partial charge is 0.360 e. The van der Waals surface area contributed by atoms with Gasteiger partial charge < -0.3 is 5.32 Å². The van der Waals surface area contributed by atoms with E-state index in [1.54, 1.807) is 0 Å². The molecule has 0 amide bonds. The van der Waals surface area contributed by atoms with Gasteiger partial charge in [-0.15, -0.1) is 6.58 Å². The second-order valence-corrected chi connectivity index (χ2v) is 9.88. The van der Waals surface area contributed by atoms with Crippen molar-refractivity contribution >= 4 is 43.1 Å². The predicted molar refractivity (Wildman–Crippen MR) is 123 cm³/mol. The van der Waals surface area contributed by atoms with Gasteiger partial charge in [-0.3, -0.25) is 4.79 Å². The Bertz CT molecular complexity index is 1160. The van der Waals surface area contributed by atoms with Crippen molar-refractivity contribution in [1.29, 1.82) is 0 Å². The van der Waals surface area contributed by atoms with Crippen molar-refractivity contribution in [2.75, 3.05) is 11.9 Å². The Morgan fingerprint density at radius 2 is 1.74 bits per heavy atom. The van der Waals surface area contributed by atoms with Crippen molar-refractivity contribution < 1.29 is 21.6 Å². The monoisotopic (exact) mass is 485 g/mol. The molecule has 0 aliphatic rings. The summed E-state index contributed by atoms with van der Waals surface area (Å²) in [5.41, 5.74) is 1.30. The van der Waals surface area contributed by atoms with Gasteiger partial charge in [0.1, 0.15) is 9.79 Å². The van der Waals surface area contributed by atoms with Crippen LogP contribution in [0, 0.1) is 6.92 Å². The summed E-state index contributed by atoms with van der Waals surface area (Å²) in [6.07, 6.45) is 3.68. The molecule has 8 nitrogen and oxygen atoms in total. The lowest BCUT2D eigenvalue weighted by atomic mass is 10.2. The van der Waals surface area contributed by atoms with E-state index in [-0.39, 0.29) is 23.0 Å². The minimum absolute atomic E-state index is 0.0264. The molecule has 0 aliphatic heterocycles. The number of allylic oxidation sites excluding steroid dienone is 1. The van der Waals surface area contributed by atoms with Crippen LogP contribution in [-0.2, 0) is 24.8 Å². The number of ketones is 1. The van der Waals surface area contributed by atoms with Crippen molar-refractivity contribution in [2.45, 2.75) is 23.6 Å². The van der Waals surface area contributed by atoms with E-state index >= 15 is 0 Å². The summed E-state index contributed by atoms with van der Waals surface area (Å²) in [5.74, 6) is -0.274. The number of aryl methyl sites for hydroxylation is 1. The number of carbonyl (C=O) groups is 1. The molecule has 2 rings (SSSR count). The molecule has 0 aromatic heterocycles. The number of primary sulfonamides is 1. The lowest BCUT2D eigenvalue weighted by Crippen LogP contribution is -2.25. The van der Waals surface area contributed by atoms with E-state index in [2.05, 4.69) is 35.7 Å². The summed E-state index contributed by atoms with van der Waals surface area (Å²) in [6.45, 7) is 6.71. The van der Waals surface area contributed by atoms with Crippen LogP contribution >= 0.6 is 11.6 Å². The number of nitrogens with two attached hydrogens (primary N) is 1. The quantitative estimate of drug-likeness (QED) is 0.388. The van der Waals surface area contributed by atoms with Crippen LogP contribution in [0.4, 0.5) is 5.69 Å². The SMILES string of the molecule is C=CCNS(=O)(=O)c1cc(S(N)(=O)=O)c(Cl)cc1NC=CC(C)=O.Cc1ccccc1. The zero-order valence-corrected chi connectivity index (χ0v) is 19.4. The number of anilines is 1. The first-order chi connectivity index (χ1) is 14.4. The number of sulfonamides is 2. The first-order valence-corrected chi connectivity index (χ1v) is 12.2. The second-order valence-electron chi connectivity index (χ2n) is 6.21. The highest BCUT2D eigenvalue weighted by Crippen LogP contribution is 2.31. The molecular formula is C20H24ClN3O5S2. The highest BCUT2D eigenvalue weighted by Gasteiger charge is 2.24. The normalized spacial score (nSPS) is 11.5. The molecule has 168 valence electrons. The van der Waals surface area contributed by atoms with Gasteiger partial charge in [0.2, 0.25) is 20.0 Å². The second kappa shape index (κ2) is 11.8. The van der Waals surface area contributed by atoms with Crippen LogP contribution in [0.2, 0.25) is 5.02 Å². The van der Waals surface area contributed by atoms with Gasteiger partial charge in [-0.05, 0) is 32.1 Å². The van der Waals surface area contributed by atoms with Crippen LogP contribution in [0.5, 0.6) is 0 Å². The molecule has 4 N–H and O–H groups in total. The first-order valence-electron chi connectivity index (χ1n) is 8.80. The fourth-order valence-electron chi connectivity index (χ4n) is 2.12. The van der Waals surface area contributed by atoms with E-state index in [1.165, 1.54) is 24.8 Å². The smallest absolute Gasteiger partial charge is 0.242 e. The van der Waals surface area contributed by atoms with Crippen molar-refractivity contribution in [3.05, 3.63) is 78.0 Å². The lowest BCUT2D eigenvalue weighted by molar-refractivity contribution is -0.112. The Morgan fingerprint density at radius 3 is 2.19 bits per heavy atom. The maximum absolute atomic E-state index is 12.3. The molecule has 0 spiro atoms. The van der Waals surface area contributed by atoms with Crippen molar-refractivity contribution in [3.63, 3.8) is 0 Å². The van der Waals surface area contributed by atoms with Crippen LogP contribution in [0.25, 0.3) is 0 Å². The maximum Gasteiger partial charge on any atom is 0.242 e. The van der Waals surface area contributed by atoms with E-state index in [4.69, 9.17) is 16.7 Å². The van der Waals surface area contributed by atoms with Crippen molar-refractivity contribution in [1.82, 2.24) is 4.72 Å². The average Bonchev–Trinajstić information content (AvgIpc) is 2.66. The van der Waals surface area contributed by atoms with Gasteiger partial charge in [-0.25, -0.2) is 26.7 Å². The number of benzene rings is 2. The summed E-state index contributed by atoms with van der Waals surface area (Å²) in [7, 11) is -8.32. The highest BCUT2D eigenvalue weighted by molar-refractivity contribution is 7.90. The third kappa shape index (κ3) is 9.03. The minimum Gasteiger partial charge on any atom is -0.360 e. The maximum atomic E-state index is 12.3. The summed E-state index contributed by atoms with van der Waals surface area (Å²) in [4.78, 5) is 9.98. The molecule has 31 heavy (non-hydrogen) atoms.